The molecule has 1 N–H and O–H groups in total. The third-order valence-corrected chi connectivity index (χ3v) is 5.93. The fourth-order valence-corrected chi connectivity index (χ4v) is 4.35. The van der Waals surface area contributed by atoms with Crippen molar-refractivity contribution in [2.45, 2.75) is 51.6 Å². The molecule has 2 aliphatic heterocycles. The number of likely N-dealkylation sites (tertiary alicyclic amines) is 2. The number of carbonyl (C=O) groups excluding carboxylic acids is 1. The largest absolute Gasteiger partial charge is 0.338 e. The van der Waals surface area contributed by atoms with E-state index in [2.05, 4.69) is 31.6 Å². The van der Waals surface area contributed by atoms with Gasteiger partial charge in [0.15, 0.2) is 0 Å². The number of hydrogen-bond acceptors (Lipinski definition) is 5. The molecular formula is C20H28N6O2. The first-order valence-electron chi connectivity index (χ1n) is 10.3. The molecule has 0 saturated carbocycles. The van der Waals surface area contributed by atoms with Crippen molar-refractivity contribution in [3.05, 3.63) is 45.9 Å². The SMILES string of the molecule is CCn1c(CN2CCCC2)nnc1C1CCN(C(=O)c2ccc[nH]c2=O)CC1. The number of rotatable bonds is 5. The second-order valence-electron chi connectivity index (χ2n) is 7.68. The average Bonchev–Trinajstić information content (AvgIpc) is 3.38. The third-order valence-electron chi connectivity index (χ3n) is 5.93. The number of nitrogens with zero attached hydrogens (tertiary/aromatic N) is 5. The van der Waals surface area contributed by atoms with Crippen LogP contribution in [0.2, 0.25) is 0 Å². The summed E-state index contributed by atoms with van der Waals surface area (Å²) >= 11 is 0. The number of H-pyrrole nitrogens is 1. The number of aromatic amines is 1. The highest BCUT2D eigenvalue weighted by molar-refractivity contribution is 5.93. The Hall–Kier alpha value is -2.48. The lowest BCUT2D eigenvalue weighted by Crippen LogP contribution is -2.40. The van der Waals surface area contributed by atoms with Crippen molar-refractivity contribution in [2.24, 2.45) is 0 Å². The highest BCUT2D eigenvalue weighted by Crippen LogP contribution is 2.28. The molecule has 28 heavy (non-hydrogen) atoms. The summed E-state index contributed by atoms with van der Waals surface area (Å²) in [7, 11) is 0. The van der Waals surface area contributed by atoms with Gasteiger partial charge in [-0.05, 0) is 57.8 Å². The number of pyridine rings is 1. The number of carbonyl (C=O) groups is 1. The topological polar surface area (TPSA) is 87.1 Å². The van der Waals surface area contributed by atoms with E-state index in [1.165, 1.54) is 12.8 Å². The first kappa shape index (κ1) is 18.9. The second kappa shape index (κ2) is 8.26. The predicted octanol–water partition coefficient (Wildman–Crippen LogP) is 1.60. The Balaban J connectivity index is 1.42. The Bertz CT molecular complexity index is 875. The molecule has 4 heterocycles. The molecule has 8 nitrogen and oxygen atoms in total. The molecule has 0 aromatic carbocycles. The standard InChI is InChI=1S/C20H28N6O2/c1-2-26-17(14-24-10-3-4-11-24)22-23-18(26)15-7-12-25(13-8-15)20(28)16-6-5-9-21-19(16)27/h5-6,9,15H,2-4,7-8,10-14H2,1H3,(H,21,27). The molecule has 1 amide bonds. The van der Waals surface area contributed by atoms with Gasteiger partial charge in [0.1, 0.15) is 17.2 Å². The van der Waals surface area contributed by atoms with Gasteiger partial charge in [-0.1, -0.05) is 0 Å². The molecule has 2 saturated heterocycles. The fourth-order valence-electron chi connectivity index (χ4n) is 4.35. The average molecular weight is 384 g/mol. The Morgan fingerprint density at radius 3 is 2.61 bits per heavy atom. The number of aromatic nitrogens is 4. The minimum absolute atomic E-state index is 0.188. The van der Waals surface area contributed by atoms with E-state index in [4.69, 9.17) is 0 Å². The highest BCUT2D eigenvalue weighted by Gasteiger charge is 2.29. The molecule has 2 fully saturated rings. The van der Waals surface area contributed by atoms with E-state index in [1.807, 2.05) is 0 Å². The monoisotopic (exact) mass is 384 g/mol. The molecule has 0 bridgehead atoms. The van der Waals surface area contributed by atoms with Crippen molar-refractivity contribution in [3.63, 3.8) is 0 Å². The van der Waals surface area contributed by atoms with Crippen LogP contribution < -0.4 is 5.56 Å². The van der Waals surface area contributed by atoms with Gasteiger partial charge in [-0.3, -0.25) is 14.5 Å². The molecular weight excluding hydrogens is 356 g/mol. The molecule has 0 aliphatic carbocycles. The number of piperidine rings is 1. The van der Waals surface area contributed by atoms with Crippen molar-refractivity contribution in [1.82, 2.24) is 29.5 Å². The van der Waals surface area contributed by atoms with Gasteiger partial charge in [0.2, 0.25) is 0 Å². The maximum Gasteiger partial charge on any atom is 0.260 e. The molecule has 8 heteroatoms. The lowest BCUT2D eigenvalue weighted by atomic mass is 9.95. The number of nitrogens with one attached hydrogen (secondary N) is 1. The first-order valence-corrected chi connectivity index (χ1v) is 10.3. The van der Waals surface area contributed by atoms with Crippen LogP contribution in [0.4, 0.5) is 0 Å². The van der Waals surface area contributed by atoms with Crippen molar-refractivity contribution >= 4 is 5.91 Å². The van der Waals surface area contributed by atoms with E-state index in [0.717, 1.165) is 50.7 Å². The van der Waals surface area contributed by atoms with E-state index in [-0.39, 0.29) is 17.0 Å². The van der Waals surface area contributed by atoms with E-state index >= 15 is 0 Å². The molecule has 0 unspecified atom stereocenters. The molecule has 2 aliphatic rings. The van der Waals surface area contributed by atoms with E-state index in [1.54, 1.807) is 23.2 Å². The van der Waals surface area contributed by atoms with Crippen LogP contribution in [0.15, 0.2) is 23.1 Å². The normalized spacial score (nSPS) is 18.7. The van der Waals surface area contributed by atoms with Gasteiger partial charge < -0.3 is 14.5 Å². The van der Waals surface area contributed by atoms with Crippen LogP contribution in [0.25, 0.3) is 0 Å². The van der Waals surface area contributed by atoms with Crippen LogP contribution in [0.5, 0.6) is 0 Å². The Morgan fingerprint density at radius 2 is 1.93 bits per heavy atom. The Kier molecular flexibility index (Phi) is 5.57. The summed E-state index contributed by atoms with van der Waals surface area (Å²) in [6.45, 7) is 7.43. The van der Waals surface area contributed by atoms with Crippen LogP contribution in [0.1, 0.15) is 60.5 Å². The maximum absolute atomic E-state index is 12.7. The summed E-state index contributed by atoms with van der Waals surface area (Å²) in [6.07, 6.45) is 5.77. The van der Waals surface area contributed by atoms with E-state index in [0.29, 0.717) is 19.0 Å². The van der Waals surface area contributed by atoms with Gasteiger partial charge in [-0.25, -0.2) is 0 Å². The molecule has 0 atom stereocenters. The van der Waals surface area contributed by atoms with Crippen LogP contribution in [0, 0.1) is 0 Å². The van der Waals surface area contributed by atoms with Crippen molar-refractivity contribution in [3.8, 4) is 0 Å². The van der Waals surface area contributed by atoms with E-state index in [9.17, 15) is 9.59 Å². The highest BCUT2D eigenvalue weighted by atomic mass is 16.2. The van der Waals surface area contributed by atoms with Crippen LogP contribution in [-0.2, 0) is 13.1 Å². The van der Waals surface area contributed by atoms with Gasteiger partial charge in [-0.15, -0.1) is 10.2 Å². The smallest absolute Gasteiger partial charge is 0.260 e. The summed E-state index contributed by atoms with van der Waals surface area (Å²) in [6, 6.07) is 3.28. The van der Waals surface area contributed by atoms with Gasteiger partial charge in [0.25, 0.3) is 11.5 Å². The summed E-state index contributed by atoms with van der Waals surface area (Å²) in [5.74, 6) is 2.21. The minimum atomic E-state index is -0.327. The molecule has 2 aromatic heterocycles. The van der Waals surface area contributed by atoms with Gasteiger partial charge in [0.05, 0.1) is 6.54 Å². The maximum atomic E-state index is 12.7. The first-order chi connectivity index (χ1) is 13.7. The fraction of sp³-hybridized carbons (Fsp3) is 0.600. The van der Waals surface area contributed by atoms with Crippen LogP contribution in [0.3, 0.4) is 0 Å². The van der Waals surface area contributed by atoms with Gasteiger partial charge in [-0.2, -0.15) is 0 Å². The zero-order valence-electron chi connectivity index (χ0n) is 16.4. The number of amides is 1. The predicted molar refractivity (Wildman–Crippen MR) is 105 cm³/mol. The molecule has 2 aromatic rings. The van der Waals surface area contributed by atoms with Crippen LogP contribution in [-0.4, -0.2) is 61.6 Å². The minimum Gasteiger partial charge on any atom is -0.338 e. The van der Waals surface area contributed by atoms with E-state index < -0.39 is 0 Å². The van der Waals surface area contributed by atoms with Crippen molar-refractivity contribution in [1.29, 1.82) is 0 Å². The lowest BCUT2D eigenvalue weighted by molar-refractivity contribution is 0.0708. The van der Waals surface area contributed by atoms with Gasteiger partial charge >= 0.3 is 0 Å². The Morgan fingerprint density at radius 1 is 1.18 bits per heavy atom. The van der Waals surface area contributed by atoms with Crippen molar-refractivity contribution < 1.29 is 4.79 Å². The third kappa shape index (κ3) is 3.73. The van der Waals surface area contributed by atoms with Gasteiger partial charge in [0, 0.05) is 31.7 Å². The summed E-state index contributed by atoms with van der Waals surface area (Å²) in [4.78, 5) is 31.3. The Labute approximate surface area is 164 Å². The van der Waals surface area contributed by atoms with Crippen LogP contribution >= 0.6 is 0 Å². The van der Waals surface area contributed by atoms with Crippen molar-refractivity contribution in [2.75, 3.05) is 26.2 Å². The molecule has 0 radical (unpaired) electrons. The molecule has 150 valence electrons. The summed E-state index contributed by atoms with van der Waals surface area (Å²) < 4.78 is 2.25. The summed E-state index contributed by atoms with van der Waals surface area (Å²) in [5.41, 5.74) is -0.113. The summed E-state index contributed by atoms with van der Waals surface area (Å²) in [5, 5.41) is 9.01. The zero-order chi connectivity index (χ0) is 19.5. The second-order valence-corrected chi connectivity index (χ2v) is 7.68. The number of hydrogen-bond donors (Lipinski definition) is 1. The molecule has 4 rings (SSSR count). The lowest BCUT2D eigenvalue weighted by Gasteiger charge is -2.31. The zero-order valence-corrected chi connectivity index (χ0v) is 16.4. The molecule has 0 spiro atoms. The quantitative estimate of drug-likeness (QED) is 0.846.